The monoisotopic (exact) mass is 353 g/mol. The number of likely N-dealkylation sites (tertiary alicyclic amines) is 1. The molecule has 5 heteroatoms. The number of nitrogens with one attached hydrogen (secondary N) is 1. The molecule has 2 unspecified atom stereocenters. The maximum atomic E-state index is 14.4. The van der Waals surface area contributed by atoms with E-state index in [9.17, 15) is 9.18 Å². The summed E-state index contributed by atoms with van der Waals surface area (Å²) in [6, 6.07) is 6.75. The van der Waals surface area contributed by atoms with E-state index in [1.54, 1.807) is 0 Å². The van der Waals surface area contributed by atoms with Crippen LogP contribution in [0.5, 0.6) is 0 Å². The third-order valence-electron chi connectivity index (χ3n) is 6.54. The van der Waals surface area contributed by atoms with Crippen molar-refractivity contribution in [1.82, 2.24) is 14.8 Å². The van der Waals surface area contributed by atoms with Crippen molar-refractivity contribution < 1.29 is 9.18 Å². The van der Waals surface area contributed by atoms with Crippen molar-refractivity contribution >= 4 is 22.4 Å². The number of carbonyl (C=O) groups is 1. The molecule has 0 bridgehead atoms. The first kappa shape index (κ1) is 16.1. The summed E-state index contributed by atoms with van der Waals surface area (Å²) in [4.78, 5) is 20.2. The summed E-state index contributed by atoms with van der Waals surface area (Å²) in [6.45, 7) is 4.94. The smallest absolute Gasteiger partial charge is 0.231 e. The van der Waals surface area contributed by atoms with Gasteiger partial charge in [0.15, 0.2) is 5.95 Å². The Kier molecular flexibility index (Phi) is 3.35. The number of halogens is 1. The zero-order chi connectivity index (χ0) is 18.2. The first-order valence-electron chi connectivity index (χ1n) is 9.49. The number of nitrogens with zero attached hydrogens (tertiary/aromatic N) is 2. The Hall–Kier alpha value is -2.14. The van der Waals surface area contributed by atoms with Crippen LogP contribution >= 0.6 is 0 Å². The summed E-state index contributed by atoms with van der Waals surface area (Å²) < 4.78 is 14.4. The lowest BCUT2D eigenvalue weighted by Crippen LogP contribution is -2.59. The number of fused-ring (bicyclic) bond motifs is 2. The van der Waals surface area contributed by atoms with Crippen LogP contribution in [0.1, 0.15) is 31.4 Å². The SMILES string of the molecule is CC1CC(C)N1C(=O)[C@@H]1C=C2c3cccc4[nH]c(F)c(c34)C[C@H]2N(C)C1. The van der Waals surface area contributed by atoms with Crippen molar-refractivity contribution in [3.63, 3.8) is 0 Å². The van der Waals surface area contributed by atoms with Gasteiger partial charge in [0.1, 0.15) is 0 Å². The molecule has 1 aromatic heterocycles. The predicted octanol–water partition coefficient (Wildman–Crippen LogP) is 3.19. The lowest BCUT2D eigenvalue weighted by molar-refractivity contribution is -0.146. The molecule has 0 radical (unpaired) electrons. The topological polar surface area (TPSA) is 39.3 Å². The van der Waals surface area contributed by atoms with Crippen LogP contribution in [0.25, 0.3) is 16.5 Å². The van der Waals surface area contributed by atoms with Crippen molar-refractivity contribution in [2.45, 2.75) is 44.8 Å². The molecule has 26 heavy (non-hydrogen) atoms. The van der Waals surface area contributed by atoms with E-state index in [0.717, 1.165) is 28.5 Å². The van der Waals surface area contributed by atoms with E-state index in [0.29, 0.717) is 25.0 Å². The molecule has 4 atom stereocenters. The molecule has 1 saturated heterocycles. The number of aromatic nitrogens is 1. The Morgan fingerprint density at radius 3 is 2.77 bits per heavy atom. The summed E-state index contributed by atoms with van der Waals surface area (Å²) >= 11 is 0. The van der Waals surface area contributed by atoms with Crippen molar-refractivity contribution in [2.75, 3.05) is 13.6 Å². The van der Waals surface area contributed by atoms with Gasteiger partial charge in [-0.15, -0.1) is 0 Å². The largest absolute Gasteiger partial charge is 0.337 e. The molecule has 2 aromatic rings. The normalized spacial score (nSPS) is 30.8. The summed E-state index contributed by atoms with van der Waals surface area (Å²) in [7, 11) is 2.05. The minimum absolute atomic E-state index is 0.128. The van der Waals surface area contributed by atoms with Crippen molar-refractivity contribution in [2.24, 2.45) is 5.92 Å². The fourth-order valence-corrected chi connectivity index (χ4v) is 5.29. The van der Waals surface area contributed by atoms with Gasteiger partial charge in [0.25, 0.3) is 0 Å². The van der Waals surface area contributed by atoms with Gasteiger partial charge in [-0.1, -0.05) is 18.2 Å². The van der Waals surface area contributed by atoms with Gasteiger partial charge in [-0.2, -0.15) is 4.39 Å². The fourth-order valence-electron chi connectivity index (χ4n) is 5.29. The van der Waals surface area contributed by atoms with Crippen molar-refractivity contribution in [3.8, 4) is 0 Å². The Bertz CT molecular complexity index is 938. The number of likely N-dealkylation sites (N-methyl/N-ethyl adjacent to an activating group) is 1. The van der Waals surface area contributed by atoms with Crippen LogP contribution in [-0.2, 0) is 11.2 Å². The average Bonchev–Trinajstić information content (AvgIpc) is 2.92. The number of carbonyl (C=O) groups excluding carboxylic acids is 1. The summed E-state index contributed by atoms with van der Waals surface area (Å²) in [5.74, 6) is -0.120. The minimum Gasteiger partial charge on any atom is -0.337 e. The maximum absolute atomic E-state index is 14.4. The van der Waals surface area contributed by atoms with Gasteiger partial charge in [-0.25, -0.2) is 0 Å². The van der Waals surface area contributed by atoms with Gasteiger partial charge in [0.2, 0.25) is 5.91 Å². The lowest BCUT2D eigenvalue weighted by atomic mass is 9.79. The Balaban J connectivity index is 1.60. The molecule has 136 valence electrons. The number of amides is 1. The standard InChI is InChI=1S/C21H24FN3O/c1-11-7-12(2)25(11)21(26)13-8-15-14-5-4-6-17-19(14)16(20(22)23-17)9-18(15)24(3)10-13/h4-6,8,11-13,18,23H,7,9-10H2,1-3H3/t11?,12?,13-,18-/m1/s1. The van der Waals surface area contributed by atoms with Gasteiger partial charge < -0.3 is 9.88 Å². The number of hydrogen-bond donors (Lipinski definition) is 1. The molecule has 0 saturated carbocycles. The molecule has 5 rings (SSSR count). The molecular weight excluding hydrogens is 329 g/mol. The third-order valence-corrected chi connectivity index (χ3v) is 6.54. The average molecular weight is 353 g/mol. The van der Waals surface area contributed by atoms with E-state index in [4.69, 9.17) is 0 Å². The zero-order valence-corrected chi connectivity index (χ0v) is 15.4. The highest BCUT2D eigenvalue weighted by Crippen LogP contribution is 2.42. The molecule has 3 heterocycles. The molecular formula is C21H24FN3O. The second-order valence-electron chi connectivity index (χ2n) is 8.21. The summed E-state index contributed by atoms with van der Waals surface area (Å²) in [5.41, 5.74) is 3.87. The fraction of sp³-hybridized carbons (Fsp3) is 0.476. The second-order valence-corrected chi connectivity index (χ2v) is 8.21. The number of hydrogen-bond acceptors (Lipinski definition) is 2. The lowest BCUT2D eigenvalue weighted by Gasteiger charge is -2.48. The number of H-pyrrole nitrogens is 1. The molecule has 1 fully saturated rings. The third kappa shape index (κ3) is 2.07. The van der Waals surface area contributed by atoms with Crippen LogP contribution in [0.4, 0.5) is 4.39 Å². The second kappa shape index (κ2) is 5.43. The highest BCUT2D eigenvalue weighted by molar-refractivity contribution is 5.99. The van der Waals surface area contributed by atoms with Gasteiger partial charge in [0.05, 0.1) is 5.92 Å². The van der Waals surface area contributed by atoms with E-state index in [1.807, 2.05) is 17.0 Å². The van der Waals surface area contributed by atoms with Gasteiger partial charge in [-0.3, -0.25) is 9.69 Å². The van der Waals surface area contributed by atoms with Crippen molar-refractivity contribution in [1.29, 1.82) is 0 Å². The first-order chi connectivity index (χ1) is 12.5. The van der Waals surface area contributed by atoms with Crippen LogP contribution in [-0.4, -0.2) is 52.4 Å². The minimum atomic E-state index is -0.221. The van der Waals surface area contributed by atoms with E-state index in [2.05, 4.69) is 42.9 Å². The quantitative estimate of drug-likeness (QED) is 0.855. The number of rotatable bonds is 1. The van der Waals surface area contributed by atoms with Gasteiger partial charge in [-0.05, 0) is 50.9 Å². The van der Waals surface area contributed by atoms with Crippen LogP contribution in [0.2, 0.25) is 0 Å². The Labute approximate surface area is 152 Å². The molecule has 1 amide bonds. The highest BCUT2D eigenvalue weighted by Gasteiger charge is 2.42. The highest BCUT2D eigenvalue weighted by atomic mass is 19.1. The number of aromatic amines is 1. The summed E-state index contributed by atoms with van der Waals surface area (Å²) in [6.07, 6.45) is 3.90. The van der Waals surface area contributed by atoms with E-state index in [-0.39, 0.29) is 23.8 Å². The maximum Gasteiger partial charge on any atom is 0.231 e. The van der Waals surface area contributed by atoms with Crippen LogP contribution in [0, 0.1) is 11.9 Å². The van der Waals surface area contributed by atoms with E-state index in [1.165, 1.54) is 5.57 Å². The van der Waals surface area contributed by atoms with E-state index < -0.39 is 0 Å². The van der Waals surface area contributed by atoms with E-state index >= 15 is 0 Å². The van der Waals surface area contributed by atoms with Gasteiger partial charge >= 0.3 is 0 Å². The molecule has 3 aliphatic rings. The zero-order valence-electron chi connectivity index (χ0n) is 15.4. The first-order valence-corrected chi connectivity index (χ1v) is 9.49. The van der Waals surface area contributed by atoms with Crippen LogP contribution < -0.4 is 0 Å². The van der Waals surface area contributed by atoms with Crippen LogP contribution in [0.3, 0.4) is 0 Å². The molecule has 2 aliphatic heterocycles. The Morgan fingerprint density at radius 2 is 2.04 bits per heavy atom. The van der Waals surface area contributed by atoms with Gasteiger partial charge in [0, 0.05) is 41.1 Å². The molecule has 1 aromatic carbocycles. The number of benzene rings is 1. The molecule has 1 N–H and O–H groups in total. The molecule has 1 aliphatic carbocycles. The van der Waals surface area contributed by atoms with Crippen LogP contribution in [0.15, 0.2) is 24.3 Å². The molecule has 4 nitrogen and oxygen atoms in total. The predicted molar refractivity (Wildman–Crippen MR) is 100 cm³/mol. The Morgan fingerprint density at radius 1 is 1.27 bits per heavy atom. The van der Waals surface area contributed by atoms with Crippen molar-refractivity contribution in [3.05, 3.63) is 41.3 Å². The molecule has 0 spiro atoms. The summed E-state index contributed by atoms with van der Waals surface area (Å²) in [5, 5.41) is 0.986.